The highest BCUT2D eigenvalue weighted by Crippen LogP contribution is 2.30. The molecular weight excluding hydrogens is 304 g/mol. The third kappa shape index (κ3) is 4.05. The second-order valence-electron chi connectivity index (χ2n) is 5.95. The van der Waals surface area contributed by atoms with E-state index in [0.717, 1.165) is 25.1 Å². The lowest BCUT2D eigenvalue weighted by Crippen LogP contribution is -2.35. The fourth-order valence-corrected chi connectivity index (χ4v) is 2.68. The minimum Gasteiger partial charge on any atom is -0.493 e. The van der Waals surface area contributed by atoms with Crippen LogP contribution in [0.1, 0.15) is 18.9 Å². The van der Waals surface area contributed by atoms with Crippen LogP contribution in [0.2, 0.25) is 0 Å². The first-order valence-corrected chi connectivity index (χ1v) is 7.20. The molecule has 1 amide bonds. The molecule has 1 aromatic rings. The molecular formula is C16H25ClN2O3. The average molecular weight is 329 g/mol. The average Bonchev–Trinajstić information content (AvgIpc) is 2.90. The summed E-state index contributed by atoms with van der Waals surface area (Å²) in [6.07, 6.45) is 1.35. The van der Waals surface area contributed by atoms with Crippen LogP contribution in [0.15, 0.2) is 18.2 Å². The van der Waals surface area contributed by atoms with Crippen molar-refractivity contribution >= 4 is 18.3 Å². The molecule has 1 atom stereocenters. The van der Waals surface area contributed by atoms with E-state index in [4.69, 9.17) is 15.2 Å². The van der Waals surface area contributed by atoms with Crippen LogP contribution in [0.25, 0.3) is 0 Å². The molecule has 2 rings (SSSR count). The second-order valence-corrected chi connectivity index (χ2v) is 5.95. The smallest absolute Gasteiger partial charge is 0.227 e. The molecule has 0 bridgehead atoms. The van der Waals surface area contributed by atoms with Crippen molar-refractivity contribution in [1.29, 1.82) is 0 Å². The Morgan fingerprint density at radius 2 is 2.00 bits per heavy atom. The minimum atomic E-state index is 0. The van der Waals surface area contributed by atoms with Crippen LogP contribution < -0.4 is 15.2 Å². The number of hydrogen-bond acceptors (Lipinski definition) is 4. The summed E-state index contributed by atoms with van der Waals surface area (Å²) in [6, 6.07) is 5.59. The molecule has 1 aliphatic rings. The number of likely N-dealkylation sites (tertiary alicyclic amines) is 1. The Balaban J connectivity index is 0.00000242. The number of carbonyl (C=O) groups is 1. The minimum absolute atomic E-state index is 0. The molecule has 6 heteroatoms. The van der Waals surface area contributed by atoms with E-state index in [1.54, 1.807) is 14.2 Å². The van der Waals surface area contributed by atoms with Gasteiger partial charge in [0.15, 0.2) is 11.5 Å². The van der Waals surface area contributed by atoms with E-state index in [2.05, 4.69) is 6.92 Å². The van der Waals surface area contributed by atoms with Crippen LogP contribution in [0, 0.1) is 5.41 Å². The molecule has 1 aliphatic heterocycles. The van der Waals surface area contributed by atoms with Crippen LogP contribution in [0.4, 0.5) is 0 Å². The number of rotatable bonds is 5. The van der Waals surface area contributed by atoms with Crippen molar-refractivity contribution in [3.63, 3.8) is 0 Å². The van der Waals surface area contributed by atoms with Gasteiger partial charge < -0.3 is 20.1 Å². The zero-order valence-corrected chi connectivity index (χ0v) is 14.2. The lowest BCUT2D eigenvalue weighted by molar-refractivity contribution is -0.129. The Morgan fingerprint density at radius 3 is 2.55 bits per heavy atom. The highest BCUT2D eigenvalue weighted by molar-refractivity contribution is 5.85. The zero-order chi connectivity index (χ0) is 15.5. The number of carbonyl (C=O) groups excluding carboxylic acids is 1. The van der Waals surface area contributed by atoms with E-state index in [1.807, 2.05) is 23.1 Å². The number of nitrogens with zero attached hydrogens (tertiary/aromatic N) is 1. The number of nitrogens with two attached hydrogens (primary N) is 1. The number of benzene rings is 1. The molecule has 0 radical (unpaired) electrons. The molecule has 1 aromatic carbocycles. The molecule has 1 fully saturated rings. The second kappa shape index (κ2) is 7.70. The van der Waals surface area contributed by atoms with Crippen molar-refractivity contribution in [3.05, 3.63) is 23.8 Å². The van der Waals surface area contributed by atoms with Gasteiger partial charge in [0.05, 0.1) is 20.6 Å². The summed E-state index contributed by atoms with van der Waals surface area (Å²) < 4.78 is 10.5. The highest BCUT2D eigenvalue weighted by atomic mass is 35.5. The number of hydrogen-bond donors (Lipinski definition) is 1. The van der Waals surface area contributed by atoms with Crippen LogP contribution in [0.3, 0.4) is 0 Å². The standard InChI is InChI=1S/C16H24N2O3.ClH/c1-16(10-17)6-7-18(11-16)15(19)9-12-4-5-13(20-2)14(8-12)21-3;/h4-5,8H,6-7,9-11,17H2,1-3H3;1H. The topological polar surface area (TPSA) is 64.8 Å². The zero-order valence-electron chi connectivity index (χ0n) is 13.4. The van der Waals surface area contributed by atoms with E-state index >= 15 is 0 Å². The summed E-state index contributed by atoms with van der Waals surface area (Å²) in [5.41, 5.74) is 6.78. The van der Waals surface area contributed by atoms with E-state index < -0.39 is 0 Å². The molecule has 22 heavy (non-hydrogen) atoms. The maximum absolute atomic E-state index is 12.4. The quantitative estimate of drug-likeness (QED) is 0.896. The third-order valence-corrected chi connectivity index (χ3v) is 4.21. The monoisotopic (exact) mass is 328 g/mol. The summed E-state index contributed by atoms with van der Waals surface area (Å²) in [4.78, 5) is 14.3. The van der Waals surface area contributed by atoms with Crippen molar-refractivity contribution in [2.45, 2.75) is 19.8 Å². The van der Waals surface area contributed by atoms with Crippen molar-refractivity contribution in [2.75, 3.05) is 33.9 Å². The predicted octanol–water partition coefficient (Wildman–Crippen LogP) is 1.87. The third-order valence-electron chi connectivity index (χ3n) is 4.21. The summed E-state index contributed by atoms with van der Waals surface area (Å²) in [5, 5.41) is 0. The van der Waals surface area contributed by atoms with Crippen molar-refractivity contribution in [2.24, 2.45) is 11.1 Å². The van der Waals surface area contributed by atoms with E-state index in [9.17, 15) is 4.79 Å². The summed E-state index contributed by atoms with van der Waals surface area (Å²) >= 11 is 0. The Morgan fingerprint density at radius 1 is 1.32 bits per heavy atom. The van der Waals surface area contributed by atoms with Gasteiger partial charge in [-0.15, -0.1) is 12.4 Å². The number of amides is 1. The van der Waals surface area contributed by atoms with Crippen molar-refractivity contribution in [3.8, 4) is 11.5 Å². The summed E-state index contributed by atoms with van der Waals surface area (Å²) in [6.45, 7) is 4.29. The molecule has 2 N–H and O–H groups in total. The van der Waals surface area contributed by atoms with Crippen LogP contribution in [-0.4, -0.2) is 44.7 Å². The van der Waals surface area contributed by atoms with Gasteiger partial charge in [-0.25, -0.2) is 0 Å². The number of methoxy groups -OCH3 is 2. The first-order chi connectivity index (χ1) is 10.0. The largest absolute Gasteiger partial charge is 0.493 e. The fraction of sp³-hybridized carbons (Fsp3) is 0.562. The van der Waals surface area contributed by atoms with Crippen LogP contribution in [0.5, 0.6) is 11.5 Å². The van der Waals surface area contributed by atoms with Gasteiger partial charge in [-0.2, -0.15) is 0 Å². The van der Waals surface area contributed by atoms with E-state index in [-0.39, 0.29) is 23.7 Å². The van der Waals surface area contributed by atoms with Gasteiger partial charge in [0.25, 0.3) is 0 Å². The first kappa shape index (κ1) is 18.6. The fourth-order valence-electron chi connectivity index (χ4n) is 2.68. The molecule has 0 aliphatic carbocycles. The lowest BCUT2D eigenvalue weighted by atomic mass is 9.90. The molecule has 1 saturated heterocycles. The molecule has 1 heterocycles. The van der Waals surface area contributed by atoms with Crippen molar-refractivity contribution in [1.82, 2.24) is 4.90 Å². The van der Waals surface area contributed by atoms with Gasteiger partial charge in [0.1, 0.15) is 0 Å². The maximum Gasteiger partial charge on any atom is 0.227 e. The molecule has 5 nitrogen and oxygen atoms in total. The van der Waals surface area contributed by atoms with Crippen LogP contribution in [-0.2, 0) is 11.2 Å². The summed E-state index contributed by atoms with van der Waals surface area (Å²) in [5.74, 6) is 1.46. The molecule has 0 aromatic heterocycles. The normalized spacial score (nSPS) is 20.5. The van der Waals surface area contributed by atoms with E-state index in [1.165, 1.54) is 0 Å². The van der Waals surface area contributed by atoms with Gasteiger partial charge in [-0.05, 0) is 36.1 Å². The van der Waals surface area contributed by atoms with Gasteiger partial charge in [-0.3, -0.25) is 4.79 Å². The Kier molecular flexibility index (Phi) is 6.50. The van der Waals surface area contributed by atoms with Gasteiger partial charge in [-0.1, -0.05) is 13.0 Å². The number of ether oxygens (including phenoxy) is 2. The molecule has 1 unspecified atom stereocenters. The van der Waals surface area contributed by atoms with E-state index in [0.29, 0.717) is 24.5 Å². The van der Waals surface area contributed by atoms with Crippen LogP contribution >= 0.6 is 12.4 Å². The molecule has 0 spiro atoms. The van der Waals surface area contributed by atoms with Gasteiger partial charge in [0, 0.05) is 13.1 Å². The predicted molar refractivity (Wildman–Crippen MR) is 88.9 cm³/mol. The van der Waals surface area contributed by atoms with Gasteiger partial charge in [0.2, 0.25) is 5.91 Å². The van der Waals surface area contributed by atoms with Gasteiger partial charge >= 0.3 is 0 Å². The van der Waals surface area contributed by atoms with Crippen molar-refractivity contribution < 1.29 is 14.3 Å². The maximum atomic E-state index is 12.4. The Labute approximate surface area is 138 Å². The summed E-state index contributed by atoms with van der Waals surface area (Å²) in [7, 11) is 3.19. The Bertz CT molecular complexity index is 524. The lowest BCUT2D eigenvalue weighted by Gasteiger charge is -2.22. The molecule has 0 saturated carbocycles. The number of halogens is 1. The highest BCUT2D eigenvalue weighted by Gasteiger charge is 2.34. The first-order valence-electron chi connectivity index (χ1n) is 7.20. The SMILES string of the molecule is COc1ccc(CC(=O)N2CCC(C)(CN)C2)cc1OC.Cl. The Hall–Kier alpha value is -1.46. The molecule has 124 valence electrons.